The van der Waals surface area contributed by atoms with Crippen LogP contribution in [0.4, 0.5) is 0 Å². The summed E-state index contributed by atoms with van der Waals surface area (Å²) in [6.07, 6.45) is 5.80. The Bertz CT molecular complexity index is 315. The zero-order chi connectivity index (χ0) is 15.7. The van der Waals surface area contributed by atoms with Gasteiger partial charge in [0.25, 0.3) is 0 Å². The first-order chi connectivity index (χ1) is 9.98. The van der Waals surface area contributed by atoms with Crippen LogP contribution in [-0.2, 0) is 4.74 Å². The second kappa shape index (κ2) is 9.57. The largest absolute Gasteiger partial charge is 0.381 e. The summed E-state index contributed by atoms with van der Waals surface area (Å²) in [5.41, 5.74) is 0. The molecule has 124 valence electrons. The molecule has 5 heteroatoms. The summed E-state index contributed by atoms with van der Waals surface area (Å²) in [5.74, 6) is 1.85. The van der Waals surface area contributed by atoms with E-state index in [4.69, 9.17) is 9.73 Å². The standard InChI is InChI=1S/C16H33N3OS/c1-6-17-15(18-13-16(2,3)21-5)19(4)10-7-14-8-11-20-12-9-14/h14H,6-13H2,1-5H3,(H,17,18). The second-order valence-corrected chi connectivity index (χ2v) is 7.91. The summed E-state index contributed by atoms with van der Waals surface area (Å²) < 4.78 is 5.63. The molecule has 1 aliphatic rings. The van der Waals surface area contributed by atoms with E-state index in [0.29, 0.717) is 0 Å². The van der Waals surface area contributed by atoms with E-state index in [1.165, 1.54) is 19.3 Å². The summed E-state index contributed by atoms with van der Waals surface area (Å²) >= 11 is 1.87. The van der Waals surface area contributed by atoms with Gasteiger partial charge in [-0.05, 0) is 52.2 Å². The van der Waals surface area contributed by atoms with E-state index in [1.54, 1.807) is 0 Å². The first-order valence-electron chi connectivity index (χ1n) is 8.11. The van der Waals surface area contributed by atoms with E-state index < -0.39 is 0 Å². The van der Waals surface area contributed by atoms with Gasteiger partial charge >= 0.3 is 0 Å². The van der Waals surface area contributed by atoms with Crippen molar-refractivity contribution >= 4 is 17.7 Å². The number of hydrogen-bond donors (Lipinski definition) is 1. The molecule has 0 saturated carbocycles. The third kappa shape index (κ3) is 7.41. The lowest BCUT2D eigenvalue weighted by Crippen LogP contribution is -2.41. The van der Waals surface area contributed by atoms with E-state index in [-0.39, 0.29) is 4.75 Å². The molecule has 1 saturated heterocycles. The third-order valence-corrected chi connectivity index (χ3v) is 5.31. The van der Waals surface area contributed by atoms with Gasteiger partial charge in [-0.3, -0.25) is 4.99 Å². The molecule has 0 amide bonds. The van der Waals surface area contributed by atoms with E-state index in [1.807, 2.05) is 11.8 Å². The minimum Gasteiger partial charge on any atom is -0.381 e. The second-order valence-electron chi connectivity index (χ2n) is 6.40. The Hall–Kier alpha value is -0.420. The number of nitrogens with one attached hydrogen (secondary N) is 1. The Kier molecular flexibility index (Phi) is 8.49. The van der Waals surface area contributed by atoms with Crippen molar-refractivity contribution in [3.05, 3.63) is 0 Å². The van der Waals surface area contributed by atoms with Gasteiger partial charge in [-0.15, -0.1) is 0 Å². The quantitative estimate of drug-likeness (QED) is 0.579. The molecule has 0 unspecified atom stereocenters. The van der Waals surface area contributed by atoms with Gasteiger partial charge in [0.15, 0.2) is 5.96 Å². The molecule has 1 rings (SSSR count). The SMILES string of the molecule is CCNC(=NCC(C)(C)SC)N(C)CCC1CCOCC1. The van der Waals surface area contributed by atoms with Crippen LogP contribution in [0.2, 0.25) is 0 Å². The number of ether oxygens (including phenoxy) is 1. The van der Waals surface area contributed by atoms with Crippen molar-refractivity contribution in [2.45, 2.75) is 44.8 Å². The highest BCUT2D eigenvalue weighted by Crippen LogP contribution is 2.21. The summed E-state index contributed by atoms with van der Waals surface area (Å²) in [6, 6.07) is 0. The minimum atomic E-state index is 0.197. The minimum absolute atomic E-state index is 0.197. The van der Waals surface area contributed by atoms with E-state index in [0.717, 1.165) is 44.7 Å². The maximum absolute atomic E-state index is 5.43. The maximum Gasteiger partial charge on any atom is 0.193 e. The van der Waals surface area contributed by atoms with Gasteiger partial charge in [-0.2, -0.15) is 11.8 Å². The first kappa shape index (κ1) is 18.6. The highest BCUT2D eigenvalue weighted by molar-refractivity contribution is 7.99. The van der Waals surface area contributed by atoms with Gasteiger partial charge in [0.1, 0.15) is 0 Å². The molecule has 0 spiro atoms. The molecule has 0 aromatic rings. The Morgan fingerprint density at radius 3 is 2.62 bits per heavy atom. The van der Waals surface area contributed by atoms with Gasteiger partial charge in [-0.25, -0.2) is 0 Å². The Morgan fingerprint density at radius 1 is 1.38 bits per heavy atom. The van der Waals surface area contributed by atoms with Gasteiger partial charge in [0.05, 0.1) is 6.54 Å². The topological polar surface area (TPSA) is 36.9 Å². The van der Waals surface area contributed by atoms with Crippen molar-refractivity contribution < 1.29 is 4.74 Å². The Labute approximate surface area is 135 Å². The monoisotopic (exact) mass is 315 g/mol. The molecule has 1 aliphatic heterocycles. The molecule has 0 radical (unpaired) electrons. The summed E-state index contributed by atoms with van der Waals surface area (Å²) in [5, 5.41) is 3.41. The van der Waals surface area contributed by atoms with E-state index in [9.17, 15) is 0 Å². The predicted octanol–water partition coefficient (Wildman–Crippen LogP) is 2.84. The molecule has 21 heavy (non-hydrogen) atoms. The van der Waals surface area contributed by atoms with Crippen molar-refractivity contribution in [2.24, 2.45) is 10.9 Å². The van der Waals surface area contributed by atoms with Crippen LogP contribution in [0.1, 0.15) is 40.0 Å². The summed E-state index contributed by atoms with van der Waals surface area (Å²) in [4.78, 5) is 7.08. The molecule has 0 aliphatic carbocycles. The zero-order valence-corrected chi connectivity index (χ0v) is 15.3. The van der Waals surface area contributed by atoms with Crippen LogP contribution in [0, 0.1) is 5.92 Å². The van der Waals surface area contributed by atoms with Gasteiger partial charge in [0, 0.05) is 38.1 Å². The fourth-order valence-corrected chi connectivity index (χ4v) is 2.51. The summed E-state index contributed by atoms with van der Waals surface area (Å²) in [7, 11) is 2.15. The van der Waals surface area contributed by atoms with Crippen molar-refractivity contribution in [2.75, 3.05) is 46.2 Å². The average molecular weight is 316 g/mol. The molecule has 4 nitrogen and oxygen atoms in total. The van der Waals surface area contributed by atoms with Crippen LogP contribution in [0.15, 0.2) is 4.99 Å². The third-order valence-electron chi connectivity index (χ3n) is 4.07. The summed E-state index contributed by atoms with van der Waals surface area (Å²) in [6.45, 7) is 11.3. The Balaban J connectivity index is 2.47. The number of nitrogens with zero attached hydrogens (tertiary/aromatic N) is 2. The maximum atomic E-state index is 5.43. The van der Waals surface area contributed by atoms with Crippen LogP contribution in [0.3, 0.4) is 0 Å². The van der Waals surface area contributed by atoms with Crippen molar-refractivity contribution in [1.82, 2.24) is 10.2 Å². The van der Waals surface area contributed by atoms with Crippen molar-refractivity contribution in [3.8, 4) is 0 Å². The van der Waals surface area contributed by atoms with E-state index >= 15 is 0 Å². The van der Waals surface area contributed by atoms with Crippen LogP contribution in [0.25, 0.3) is 0 Å². The number of guanidine groups is 1. The lowest BCUT2D eigenvalue weighted by molar-refractivity contribution is 0.0625. The number of hydrogen-bond acceptors (Lipinski definition) is 3. The molecule has 0 bridgehead atoms. The van der Waals surface area contributed by atoms with Gasteiger partial charge < -0.3 is 15.0 Å². The van der Waals surface area contributed by atoms with Crippen LogP contribution in [0.5, 0.6) is 0 Å². The van der Waals surface area contributed by atoms with E-state index in [2.05, 4.69) is 44.3 Å². The molecule has 1 N–H and O–H groups in total. The first-order valence-corrected chi connectivity index (χ1v) is 9.33. The van der Waals surface area contributed by atoms with Crippen LogP contribution in [-0.4, -0.2) is 61.8 Å². The number of aliphatic imine (C=N–C) groups is 1. The van der Waals surface area contributed by atoms with Crippen LogP contribution >= 0.6 is 11.8 Å². The predicted molar refractivity (Wildman–Crippen MR) is 94.4 cm³/mol. The fourth-order valence-electron chi connectivity index (χ4n) is 2.32. The highest BCUT2D eigenvalue weighted by atomic mass is 32.2. The molecular weight excluding hydrogens is 282 g/mol. The lowest BCUT2D eigenvalue weighted by Gasteiger charge is -2.28. The van der Waals surface area contributed by atoms with Crippen molar-refractivity contribution in [3.63, 3.8) is 0 Å². The lowest BCUT2D eigenvalue weighted by atomic mass is 9.96. The van der Waals surface area contributed by atoms with Crippen LogP contribution < -0.4 is 5.32 Å². The van der Waals surface area contributed by atoms with Gasteiger partial charge in [-0.1, -0.05) is 0 Å². The molecule has 0 aromatic carbocycles. The molecule has 1 fully saturated rings. The average Bonchev–Trinajstić information content (AvgIpc) is 2.50. The smallest absolute Gasteiger partial charge is 0.193 e. The Morgan fingerprint density at radius 2 is 2.05 bits per heavy atom. The highest BCUT2D eigenvalue weighted by Gasteiger charge is 2.18. The normalized spacial score (nSPS) is 17.9. The van der Waals surface area contributed by atoms with Crippen molar-refractivity contribution in [1.29, 1.82) is 0 Å². The molecular formula is C16H33N3OS. The molecule has 0 aromatic heterocycles. The molecule has 0 atom stereocenters. The van der Waals surface area contributed by atoms with Gasteiger partial charge in [0.2, 0.25) is 0 Å². The number of rotatable bonds is 7. The molecule has 1 heterocycles. The zero-order valence-electron chi connectivity index (χ0n) is 14.4. The number of thioether (sulfide) groups is 1. The fraction of sp³-hybridized carbons (Fsp3) is 0.938.